The van der Waals surface area contributed by atoms with Crippen molar-refractivity contribution in [2.45, 2.75) is 52.5 Å². The van der Waals surface area contributed by atoms with Crippen LogP contribution >= 0.6 is 0 Å². The molecule has 4 amide bonds. The number of nitrogens with one attached hydrogen (secondary N) is 2. The first kappa shape index (κ1) is 18.4. The maximum Gasteiger partial charge on any atom is 0.325 e. The lowest BCUT2D eigenvalue weighted by Gasteiger charge is -2.43. The Morgan fingerprint density at radius 1 is 1.27 bits per heavy atom. The fourth-order valence-electron chi connectivity index (χ4n) is 4.70. The van der Waals surface area contributed by atoms with E-state index >= 15 is 0 Å². The van der Waals surface area contributed by atoms with E-state index in [9.17, 15) is 14.4 Å². The second-order valence-corrected chi connectivity index (χ2v) is 8.62. The predicted molar refractivity (Wildman–Crippen MR) is 99.6 cm³/mol. The smallest absolute Gasteiger partial charge is 0.324 e. The summed E-state index contributed by atoms with van der Waals surface area (Å²) in [6.45, 7) is 7.98. The molecule has 140 valence electrons. The van der Waals surface area contributed by atoms with Crippen LogP contribution in [0.15, 0.2) is 24.3 Å². The average molecular weight is 357 g/mol. The van der Waals surface area contributed by atoms with E-state index in [1.807, 2.05) is 25.1 Å². The lowest BCUT2D eigenvalue weighted by molar-refractivity contribution is -0.136. The Labute approximate surface area is 154 Å². The number of aryl methyl sites for hydroxylation is 1. The third kappa shape index (κ3) is 3.45. The summed E-state index contributed by atoms with van der Waals surface area (Å²) in [7, 11) is 0. The molecule has 2 N–H and O–H groups in total. The van der Waals surface area contributed by atoms with E-state index in [1.54, 1.807) is 6.07 Å². The van der Waals surface area contributed by atoms with Crippen LogP contribution in [0.25, 0.3) is 0 Å². The van der Waals surface area contributed by atoms with Gasteiger partial charge >= 0.3 is 6.03 Å². The lowest BCUT2D eigenvalue weighted by Crippen LogP contribution is -2.54. The highest BCUT2D eigenvalue weighted by molar-refractivity contribution is 6.10. The maximum absolute atomic E-state index is 13.0. The van der Waals surface area contributed by atoms with Gasteiger partial charge in [0.1, 0.15) is 12.1 Å². The van der Waals surface area contributed by atoms with Crippen LogP contribution in [0, 0.1) is 18.3 Å². The molecule has 2 fully saturated rings. The number of carbonyl (C=O) groups is 3. The molecule has 1 spiro atoms. The van der Waals surface area contributed by atoms with Gasteiger partial charge in [-0.1, -0.05) is 39.0 Å². The first-order chi connectivity index (χ1) is 12.1. The first-order valence-electron chi connectivity index (χ1n) is 9.11. The van der Waals surface area contributed by atoms with Crippen molar-refractivity contribution in [1.29, 1.82) is 0 Å². The zero-order valence-electron chi connectivity index (χ0n) is 15.9. The highest BCUT2D eigenvalue weighted by Gasteiger charge is 2.56. The largest absolute Gasteiger partial charge is 0.325 e. The normalized spacial score (nSPS) is 27.5. The van der Waals surface area contributed by atoms with E-state index in [0.29, 0.717) is 24.4 Å². The van der Waals surface area contributed by atoms with E-state index in [-0.39, 0.29) is 23.8 Å². The van der Waals surface area contributed by atoms with Crippen molar-refractivity contribution in [3.63, 3.8) is 0 Å². The van der Waals surface area contributed by atoms with Crippen LogP contribution in [0.3, 0.4) is 0 Å². The minimum absolute atomic E-state index is 0.0278. The Hall–Kier alpha value is -2.37. The molecule has 6 heteroatoms. The molecule has 6 nitrogen and oxygen atoms in total. The topological polar surface area (TPSA) is 78.5 Å². The van der Waals surface area contributed by atoms with E-state index in [1.165, 1.54) is 0 Å². The molecule has 0 aromatic heterocycles. The maximum atomic E-state index is 13.0. The number of benzene rings is 1. The number of hydrogen-bond acceptors (Lipinski definition) is 3. The lowest BCUT2D eigenvalue weighted by atomic mass is 9.64. The van der Waals surface area contributed by atoms with Crippen LogP contribution in [-0.2, 0) is 9.59 Å². The van der Waals surface area contributed by atoms with Gasteiger partial charge in [0.25, 0.3) is 5.91 Å². The first-order valence-corrected chi connectivity index (χ1v) is 9.11. The van der Waals surface area contributed by atoms with Gasteiger partial charge < -0.3 is 10.6 Å². The fraction of sp³-hybridized carbons (Fsp3) is 0.550. The number of rotatable bonds is 3. The van der Waals surface area contributed by atoms with Crippen LogP contribution in [0.2, 0.25) is 0 Å². The van der Waals surface area contributed by atoms with E-state index in [2.05, 4.69) is 31.4 Å². The summed E-state index contributed by atoms with van der Waals surface area (Å²) in [6.07, 6.45) is 2.24. The van der Waals surface area contributed by atoms with Gasteiger partial charge in [0.05, 0.1) is 0 Å². The molecule has 1 heterocycles. The summed E-state index contributed by atoms with van der Waals surface area (Å²) in [5.41, 5.74) is 0.713. The zero-order chi connectivity index (χ0) is 19.1. The van der Waals surface area contributed by atoms with Crippen molar-refractivity contribution < 1.29 is 14.4 Å². The Bertz CT molecular complexity index is 758. The molecule has 2 aliphatic rings. The zero-order valence-corrected chi connectivity index (χ0v) is 15.9. The van der Waals surface area contributed by atoms with Crippen LogP contribution < -0.4 is 10.6 Å². The van der Waals surface area contributed by atoms with E-state index in [0.717, 1.165) is 16.9 Å². The van der Waals surface area contributed by atoms with Gasteiger partial charge in [-0.05, 0) is 49.1 Å². The van der Waals surface area contributed by atoms with Gasteiger partial charge in [-0.3, -0.25) is 14.5 Å². The summed E-state index contributed by atoms with van der Waals surface area (Å²) in [4.78, 5) is 38.9. The highest BCUT2D eigenvalue weighted by atomic mass is 16.2. The quantitative estimate of drug-likeness (QED) is 0.816. The SMILES string of the molecule is Cc1ccccc1NC(=O)CN1C(=O)N[C@]2(C[C@H](C)CC(C)(C)C2)C1=O. The van der Waals surface area contributed by atoms with Crippen molar-refractivity contribution in [3.8, 4) is 0 Å². The molecule has 0 radical (unpaired) electrons. The average Bonchev–Trinajstić information content (AvgIpc) is 2.71. The van der Waals surface area contributed by atoms with Gasteiger partial charge in [-0.25, -0.2) is 4.79 Å². The number of imide groups is 1. The van der Waals surface area contributed by atoms with Crippen molar-refractivity contribution in [2.75, 3.05) is 11.9 Å². The monoisotopic (exact) mass is 357 g/mol. The van der Waals surface area contributed by atoms with Crippen LogP contribution in [0.5, 0.6) is 0 Å². The molecule has 1 aromatic carbocycles. The summed E-state index contributed by atoms with van der Waals surface area (Å²) in [5.74, 6) is -0.311. The second kappa shape index (κ2) is 6.41. The number of amides is 4. The Balaban J connectivity index is 1.73. The number of urea groups is 1. The number of hydrogen-bond donors (Lipinski definition) is 2. The predicted octanol–water partition coefficient (Wildman–Crippen LogP) is 3.07. The molecule has 2 atom stereocenters. The molecule has 1 aromatic rings. The molecular formula is C20H27N3O3. The van der Waals surface area contributed by atoms with Crippen LogP contribution in [-0.4, -0.2) is 34.8 Å². The van der Waals surface area contributed by atoms with Crippen molar-refractivity contribution >= 4 is 23.5 Å². The minimum atomic E-state index is -0.874. The van der Waals surface area contributed by atoms with Crippen molar-refractivity contribution in [3.05, 3.63) is 29.8 Å². The van der Waals surface area contributed by atoms with Gasteiger partial charge in [0.15, 0.2) is 0 Å². The standard InChI is InChI=1S/C20H27N3O3/c1-13-9-19(3,4)12-20(10-13)17(25)23(18(26)22-20)11-16(24)21-15-8-6-5-7-14(15)2/h5-8,13H,9-12H2,1-4H3,(H,21,24)(H,22,26)/t13-,20+/m1/s1. The summed E-state index contributed by atoms with van der Waals surface area (Å²) in [5, 5.41) is 5.67. The van der Waals surface area contributed by atoms with E-state index < -0.39 is 11.6 Å². The molecule has 0 unspecified atom stereocenters. The van der Waals surface area contributed by atoms with Crippen LogP contribution in [0.4, 0.5) is 10.5 Å². The molecular weight excluding hydrogens is 330 g/mol. The summed E-state index contributed by atoms with van der Waals surface area (Å²) in [6, 6.07) is 6.94. The van der Waals surface area contributed by atoms with E-state index in [4.69, 9.17) is 0 Å². The van der Waals surface area contributed by atoms with Gasteiger partial charge in [0, 0.05) is 5.69 Å². The number of anilines is 1. The third-order valence-electron chi connectivity index (χ3n) is 5.35. The van der Waals surface area contributed by atoms with Gasteiger partial charge in [0.2, 0.25) is 5.91 Å². The molecule has 1 aliphatic carbocycles. The Morgan fingerprint density at radius 3 is 2.62 bits per heavy atom. The molecule has 1 aliphatic heterocycles. The number of carbonyl (C=O) groups excluding carboxylic acids is 3. The van der Waals surface area contributed by atoms with Crippen LogP contribution in [0.1, 0.15) is 45.6 Å². The van der Waals surface area contributed by atoms with Crippen molar-refractivity contribution in [2.24, 2.45) is 11.3 Å². The Kier molecular flexibility index (Phi) is 4.54. The van der Waals surface area contributed by atoms with Gasteiger partial charge in [-0.15, -0.1) is 0 Å². The highest BCUT2D eigenvalue weighted by Crippen LogP contribution is 2.46. The number of nitrogens with zero attached hydrogens (tertiary/aromatic N) is 1. The summed E-state index contributed by atoms with van der Waals surface area (Å²) < 4.78 is 0. The fourth-order valence-corrected chi connectivity index (χ4v) is 4.70. The third-order valence-corrected chi connectivity index (χ3v) is 5.35. The molecule has 0 bridgehead atoms. The molecule has 26 heavy (non-hydrogen) atoms. The minimum Gasteiger partial charge on any atom is -0.324 e. The summed E-state index contributed by atoms with van der Waals surface area (Å²) >= 11 is 0. The second-order valence-electron chi connectivity index (χ2n) is 8.62. The van der Waals surface area contributed by atoms with Gasteiger partial charge in [-0.2, -0.15) is 0 Å². The molecule has 1 saturated heterocycles. The van der Waals surface area contributed by atoms with Crippen molar-refractivity contribution in [1.82, 2.24) is 10.2 Å². The number of para-hydroxylation sites is 1. The molecule has 1 saturated carbocycles. The Morgan fingerprint density at radius 2 is 1.96 bits per heavy atom. The molecule has 3 rings (SSSR count).